The van der Waals surface area contributed by atoms with Crippen molar-refractivity contribution in [2.24, 2.45) is 0 Å². The molecule has 2 aromatic rings. The van der Waals surface area contributed by atoms with E-state index in [1.807, 2.05) is 0 Å². The Bertz CT molecular complexity index is 940. The molecule has 0 aliphatic rings. The van der Waals surface area contributed by atoms with Crippen LogP contribution < -0.4 is 16.3 Å². The first-order chi connectivity index (χ1) is 13.3. The van der Waals surface area contributed by atoms with Gasteiger partial charge in [0.2, 0.25) is 5.91 Å². The Kier molecular flexibility index (Phi) is 7.25. The summed E-state index contributed by atoms with van der Waals surface area (Å²) in [6.07, 6.45) is -0.0287. The fraction of sp³-hybridized carbons (Fsp3) is 0.368. The number of rotatable bonds is 8. The number of ether oxygens (including phenoxy) is 1. The molecule has 1 aromatic heterocycles. The topological polar surface area (TPSA) is 115 Å². The lowest BCUT2D eigenvalue weighted by Crippen LogP contribution is -2.43. The van der Waals surface area contributed by atoms with Crippen molar-refractivity contribution in [1.29, 1.82) is 0 Å². The largest absolute Gasteiger partial charge is 0.464 e. The summed E-state index contributed by atoms with van der Waals surface area (Å²) < 4.78 is 23.3. The Balaban J connectivity index is 2.22. The number of carbonyl (C=O) groups is 3. The number of esters is 1. The van der Waals surface area contributed by atoms with Crippen LogP contribution in [-0.2, 0) is 14.3 Å². The van der Waals surface area contributed by atoms with Gasteiger partial charge >= 0.3 is 11.6 Å². The van der Waals surface area contributed by atoms with E-state index in [1.165, 1.54) is 12.1 Å². The third kappa shape index (κ3) is 5.38. The van der Waals surface area contributed by atoms with Crippen LogP contribution in [0.4, 0.5) is 4.39 Å². The number of hydrogen-bond donors (Lipinski definition) is 2. The molecule has 0 saturated carbocycles. The van der Waals surface area contributed by atoms with Gasteiger partial charge in [-0.25, -0.2) is 14.0 Å². The molecule has 0 saturated heterocycles. The molecule has 28 heavy (non-hydrogen) atoms. The highest BCUT2D eigenvalue weighted by Gasteiger charge is 2.25. The maximum absolute atomic E-state index is 13.4. The molecule has 8 nitrogen and oxygen atoms in total. The van der Waals surface area contributed by atoms with Crippen molar-refractivity contribution in [2.75, 3.05) is 13.2 Å². The van der Waals surface area contributed by atoms with Gasteiger partial charge in [-0.3, -0.25) is 9.59 Å². The molecule has 0 aliphatic heterocycles. The molecular weight excluding hydrogens is 371 g/mol. The van der Waals surface area contributed by atoms with E-state index in [0.717, 1.165) is 12.1 Å². The molecule has 0 fully saturated rings. The van der Waals surface area contributed by atoms with Crippen LogP contribution in [0.3, 0.4) is 0 Å². The summed E-state index contributed by atoms with van der Waals surface area (Å²) in [5, 5.41) is 5.20. The van der Waals surface area contributed by atoms with Crippen LogP contribution in [0.25, 0.3) is 11.0 Å². The van der Waals surface area contributed by atoms with Gasteiger partial charge in [-0.1, -0.05) is 0 Å². The van der Waals surface area contributed by atoms with Crippen molar-refractivity contribution in [3.05, 3.63) is 46.1 Å². The third-order valence-electron chi connectivity index (χ3n) is 3.85. The monoisotopic (exact) mass is 392 g/mol. The van der Waals surface area contributed by atoms with E-state index in [0.29, 0.717) is 6.54 Å². The summed E-state index contributed by atoms with van der Waals surface area (Å²) in [7, 11) is 0. The van der Waals surface area contributed by atoms with Crippen LogP contribution in [0.5, 0.6) is 0 Å². The van der Waals surface area contributed by atoms with Gasteiger partial charge < -0.3 is 19.8 Å². The lowest BCUT2D eigenvalue weighted by atomic mass is 10.1. The van der Waals surface area contributed by atoms with Crippen molar-refractivity contribution in [3.8, 4) is 0 Å². The Morgan fingerprint density at radius 1 is 1.21 bits per heavy atom. The summed E-state index contributed by atoms with van der Waals surface area (Å²) in [4.78, 5) is 48.3. The zero-order valence-electron chi connectivity index (χ0n) is 15.5. The number of hydrogen-bond acceptors (Lipinski definition) is 6. The summed E-state index contributed by atoms with van der Waals surface area (Å²) in [6.45, 7) is 3.88. The second kappa shape index (κ2) is 9.63. The Morgan fingerprint density at radius 3 is 2.64 bits per heavy atom. The van der Waals surface area contributed by atoms with Crippen molar-refractivity contribution >= 4 is 28.8 Å². The summed E-state index contributed by atoms with van der Waals surface area (Å²) in [5.74, 6) is -2.45. The van der Waals surface area contributed by atoms with Gasteiger partial charge in [0.1, 0.15) is 23.0 Å². The average Bonchev–Trinajstić information content (AvgIpc) is 2.65. The van der Waals surface area contributed by atoms with Gasteiger partial charge in [0, 0.05) is 18.4 Å². The molecule has 150 valence electrons. The predicted molar refractivity (Wildman–Crippen MR) is 98.2 cm³/mol. The van der Waals surface area contributed by atoms with Gasteiger partial charge in [0.25, 0.3) is 5.91 Å². The van der Waals surface area contributed by atoms with E-state index in [1.54, 1.807) is 13.8 Å². The Hall–Kier alpha value is -3.23. The Morgan fingerprint density at radius 2 is 1.96 bits per heavy atom. The van der Waals surface area contributed by atoms with Gasteiger partial charge in [0.15, 0.2) is 0 Å². The van der Waals surface area contributed by atoms with Crippen LogP contribution in [0, 0.1) is 5.82 Å². The zero-order valence-corrected chi connectivity index (χ0v) is 15.5. The van der Waals surface area contributed by atoms with Gasteiger partial charge in [-0.2, -0.15) is 0 Å². The highest BCUT2D eigenvalue weighted by Crippen LogP contribution is 2.15. The lowest BCUT2D eigenvalue weighted by molar-refractivity contribution is -0.145. The molecule has 0 unspecified atom stereocenters. The van der Waals surface area contributed by atoms with Gasteiger partial charge in [0.05, 0.1) is 6.61 Å². The summed E-state index contributed by atoms with van der Waals surface area (Å²) in [6, 6.07) is 3.58. The minimum Gasteiger partial charge on any atom is -0.464 e. The first-order valence-corrected chi connectivity index (χ1v) is 8.83. The van der Waals surface area contributed by atoms with Crippen molar-refractivity contribution in [2.45, 2.75) is 32.7 Å². The van der Waals surface area contributed by atoms with Crippen LogP contribution in [0.1, 0.15) is 37.0 Å². The number of amides is 2. The fourth-order valence-corrected chi connectivity index (χ4v) is 2.54. The van der Waals surface area contributed by atoms with E-state index < -0.39 is 29.4 Å². The average molecular weight is 392 g/mol. The van der Waals surface area contributed by atoms with E-state index in [-0.39, 0.29) is 41.9 Å². The molecular formula is C19H21FN2O6. The molecule has 0 spiro atoms. The second-order valence-corrected chi connectivity index (χ2v) is 5.90. The maximum atomic E-state index is 13.4. The normalized spacial score (nSPS) is 11.7. The van der Waals surface area contributed by atoms with Crippen molar-refractivity contribution in [3.63, 3.8) is 0 Å². The quantitative estimate of drug-likeness (QED) is 0.520. The summed E-state index contributed by atoms with van der Waals surface area (Å²) in [5.41, 5.74) is -1.19. The number of fused-ring (bicyclic) bond motifs is 1. The van der Waals surface area contributed by atoms with Crippen molar-refractivity contribution in [1.82, 2.24) is 10.6 Å². The first-order valence-electron chi connectivity index (χ1n) is 8.83. The van der Waals surface area contributed by atoms with E-state index in [9.17, 15) is 23.6 Å². The molecule has 0 bridgehead atoms. The molecule has 1 aromatic carbocycles. The number of benzene rings is 1. The number of halogens is 1. The van der Waals surface area contributed by atoms with Gasteiger partial charge in [-0.15, -0.1) is 0 Å². The number of carbonyl (C=O) groups excluding carboxylic acids is 3. The molecule has 0 radical (unpaired) electrons. The van der Waals surface area contributed by atoms with E-state index >= 15 is 0 Å². The molecule has 1 heterocycles. The molecule has 2 N–H and O–H groups in total. The maximum Gasteiger partial charge on any atom is 0.349 e. The second-order valence-electron chi connectivity index (χ2n) is 5.90. The molecule has 2 amide bonds. The number of nitrogens with one attached hydrogen (secondary N) is 2. The fourth-order valence-electron chi connectivity index (χ4n) is 2.54. The van der Waals surface area contributed by atoms with Gasteiger partial charge in [-0.05, 0) is 44.5 Å². The molecule has 1 atom stereocenters. The molecule has 2 rings (SSSR count). The minimum absolute atomic E-state index is 0.00997. The van der Waals surface area contributed by atoms with E-state index in [4.69, 9.17) is 9.15 Å². The smallest absolute Gasteiger partial charge is 0.349 e. The predicted octanol–water partition coefficient (Wildman–Crippen LogP) is 1.51. The van der Waals surface area contributed by atoms with Crippen LogP contribution in [0.2, 0.25) is 0 Å². The molecule has 9 heteroatoms. The third-order valence-corrected chi connectivity index (χ3v) is 3.85. The highest BCUT2D eigenvalue weighted by atomic mass is 19.1. The minimum atomic E-state index is -1.13. The zero-order chi connectivity index (χ0) is 20.7. The Labute approximate surface area is 160 Å². The van der Waals surface area contributed by atoms with E-state index in [2.05, 4.69) is 10.6 Å². The molecule has 0 aliphatic carbocycles. The highest BCUT2D eigenvalue weighted by molar-refractivity contribution is 5.98. The SMILES string of the molecule is CCNC(=O)CC[C@@H](NC(=O)c1cc2cc(F)ccc2oc1=O)C(=O)OCC. The summed E-state index contributed by atoms with van der Waals surface area (Å²) >= 11 is 0. The first kappa shape index (κ1) is 21.1. The lowest BCUT2D eigenvalue weighted by Gasteiger charge is -2.17. The van der Waals surface area contributed by atoms with Crippen LogP contribution in [-0.4, -0.2) is 37.0 Å². The standard InChI is InChI=1S/C19H21FN2O6/c1-3-21-16(23)8-6-14(19(26)27-4-2)22-17(24)13-10-11-9-12(20)5-7-15(11)28-18(13)25/h5,7,9-10,14H,3-4,6,8H2,1-2H3,(H,21,23)(H,22,24)/t14-/m1/s1. The van der Waals surface area contributed by atoms with Crippen molar-refractivity contribution < 1.29 is 27.9 Å². The van der Waals surface area contributed by atoms with Crippen LogP contribution >= 0.6 is 0 Å². The van der Waals surface area contributed by atoms with Crippen LogP contribution in [0.15, 0.2) is 33.5 Å².